The van der Waals surface area contributed by atoms with Gasteiger partial charge < -0.3 is 10.6 Å². The summed E-state index contributed by atoms with van der Waals surface area (Å²) in [7, 11) is 0. The number of piperidine rings is 1. The summed E-state index contributed by atoms with van der Waals surface area (Å²) in [6.07, 6.45) is 5.04. The number of carbonyl (C=O) groups is 4. The Morgan fingerprint density at radius 2 is 1.62 bits per heavy atom. The number of likely N-dealkylation sites (tertiary alicyclic amines) is 1. The summed E-state index contributed by atoms with van der Waals surface area (Å²) in [6, 6.07) is 0. The fourth-order valence-electron chi connectivity index (χ4n) is 2.65. The van der Waals surface area contributed by atoms with Gasteiger partial charge in [-0.05, 0) is 25.2 Å². The lowest BCUT2D eigenvalue weighted by molar-refractivity contribution is -0.148. The quantitative estimate of drug-likeness (QED) is 0.580. The maximum atomic E-state index is 11.7. The minimum atomic E-state index is -0.191. The minimum absolute atomic E-state index is 0.0378. The molecule has 134 valence electrons. The Bertz CT molecular complexity index is 478. The summed E-state index contributed by atoms with van der Waals surface area (Å²) < 4.78 is 0. The molecule has 0 unspecified atom stereocenters. The van der Waals surface area contributed by atoms with E-state index in [4.69, 9.17) is 0 Å². The topological polar surface area (TPSA) is 95.6 Å². The smallest absolute Gasteiger partial charge is 0.230 e. The van der Waals surface area contributed by atoms with E-state index < -0.39 is 0 Å². The zero-order valence-corrected chi connectivity index (χ0v) is 14.7. The standard InChI is InChI=1S/C16H25N3O4S/c20-13(10-24-11-14(21)18-9-12-3-1-4-12)17-7-8-19-15(22)5-2-6-16(19)23/h12H,1-11H2,(H,17,20)(H,18,21). The Balaban J connectivity index is 1.50. The highest BCUT2D eigenvalue weighted by molar-refractivity contribution is 8.00. The van der Waals surface area contributed by atoms with E-state index in [1.807, 2.05) is 0 Å². The van der Waals surface area contributed by atoms with Gasteiger partial charge in [0.1, 0.15) is 0 Å². The summed E-state index contributed by atoms with van der Waals surface area (Å²) in [5, 5.41) is 5.56. The molecule has 1 saturated carbocycles. The van der Waals surface area contributed by atoms with E-state index in [-0.39, 0.29) is 48.2 Å². The molecule has 0 aromatic carbocycles. The van der Waals surface area contributed by atoms with Crippen LogP contribution in [0.1, 0.15) is 38.5 Å². The van der Waals surface area contributed by atoms with Crippen molar-refractivity contribution < 1.29 is 19.2 Å². The van der Waals surface area contributed by atoms with Crippen molar-refractivity contribution in [1.29, 1.82) is 0 Å². The zero-order valence-electron chi connectivity index (χ0n) is 13.8. The van der Waals surface area contributed by atoms with Crippen LogP contribution in [0.5, 0.6) is 0 Å². The Hall–Kier alpha value is -1.57. The fourth-order valence-corrected chi connectivity index (χ4v) is 3.33. The normalized spacial score (nSPS) is 18.2. The third kappa shape index (κ3) is 6.14. The molecule has 2 fully saturated rings. The summed E-state index contributed by atoms with van der Waals surface area (Å²) in [5.41, 5.74) is 0. The van der Waals surface area contributed by atoms with Crippen LogP contribution in [0.4, 0.5) is 0 Å². The minimum Gasteiger partial charge on any atom is -0.355 e. The molecule has 0 aromatic rings. The SMILES string of the molecule is O=C(CSCC(=O)NCC1CCC1)NCCN1C(=O)CCCC1=O. The maximum absolute atomic E-state index is 11.7. The first-order valence-electron chi connectivity index (χ1n) is 8.50. The number of hydrogen-bond acceptors (Lipinski definition) is 5. The molecule has 1 heterocycles. The van der Waals surface area contributed by atoms with Crippen molar-refractivity contribution in [3.63, 3.8) is 0 Å². The average Bonchev–Trinajstić information content (AvgIpc) is 2.48. The summed E-state index contributed by atoms with van der Waals surface area (Å²) in [6.45, 7) is 1.21. The molecule has 0 atom stereocenters. The van der Waals surface area contributed by atoms with Crippen molar-refractivity contribution in [3.05, 3.63) is 0 Å². The van der Waals surface area contributed by atoms with E-state index in [0.717, 1.165) is 6.54 Å². The van der Waals surface area contributed by atoms with Crippen molar-refractivity contribution in [1.82, 2.24) is 15.5 Å². The van der Waals surface area contributed by atoms with Gasteiger partial charge in [0.15, 0.2) is 0 Å². The van der Waals surface area contributed by atoms with Crippen LogP contribution >= 0.6 is 11.8 Å². The molecule has 0 radical (unpaired) electrons. The first-order valence-corrected chi connectivity index (χ1v) is 9.66. The predicted molar refractivity (Wildman–Crippen MR) is 91.3 cm³/mol. The van der Waals surface area contributed by atoms with Crippen LogP contribution in [0, 0.1) is 5.92 Å². The molecule has 2 rings (SSSR count). The van der Waals surface area contributed by atoms with Crippen LogP contribution in [0.15, 0.2) is 0 Å². The lowest BCUT2D eigenvalue weighted by atomic mass is 9.85. The molecule has 7 nitrogen and oxygen atoms in total. The van der Waals surface area contributed by atoms with E-state index in [1.54, 1.807) is 0 Å². The van der Waals surface area contributed by atoms with Gasteiger partial charge in [-0.3, -0.25) is 24.1 Å². The number of imide groups is 1. The molecule has 1 saturated heterocycles. The van der Waals surface area contributed by atoms with Gasteiger partial charge in [-0.2, -0.15) is 0 Å². The van der Waals surface area contributed by atoms with Gasteiger partial charge in [0.25, 0.3) is 0 Å². The molecule has 1 aliphatic heterocycles. The Morgan fingerprint density at radius 1 is 1.00 bits per heavy atom. The number of rotatable bonds is 9. The highest BCUT2D eigenvalue weighted by Gasteiger charge is 2.25. The first-order chi connectivity index (χ1) is 11.6. The number of nitrogens with one attached hydrogen (secondary N) is 2. The van der Waals surface area contributed by atoms with E-state index in [2.05, 4.69) is 10.6 Å². The van der Waals surface area contributed by atoms with Crippen LogP contribution in [-0.2, 0) is 19.2 Å². The average molecular weight is 355 g/mol. The van der Waals surface area contributed by atoms with Gasteiger partial charge in [-0.1, -0.05) is 6.42 Å². The van der Waals surface area contributed by atoms with E-state index in [9.17, 15) is 19.2 Å². The molecule has 2 aliphatic rings. The van der Waals surface area contributed by atoms with E-state index in [1.165, 1.54) is 35.9 Å². The molecule has 0 spiro atoms. The molecule has 0 aromatic heterocycles. The number of carbonyl (C=O) groups excluding carboxylic acids is 4. The van der Waals surface area contributed by atoms with Crippen molar-refractivity contribution >= 4 is 35.4 Å². The second kappa shape index (κ2) is 9.66. The second-order valence-corrected chi connectivity index (χ2v) is 7.22. The molecule has 0 bridgehead atoms. The lowest BCUT2D eigenvalue weighted by Crippen LogP contribution is -2.44. The van der Waals surface area contributed by atoms with Crippen LogP contribution in [-0.4, -0.2) is 59.7 Å². The summed E-state index contributed by atoms with van der Waals surface area (Å²) in [5.74, 6) is 0.522. The Morgan fingerprint density at radius 3 is 2.21 bits per heavy atom. The molecule has 24 heavy (non-hydrogen) atoms. The van der Waals surface area contributed by atoms with Crippen molar-refractivity contribution in [2.24, 2.45) is 5.92 Å². The molecular weight excluding hydrogens is 330 g/mol. The number of hydrogen-bond donors (Lipinski definition) is 2. The maximum Gasteiger partial charge on any atom is 0.230 e. The second-order valence-electron chi connectivity index (χ2n) is 6.24. The molecule has 2 N–H and O–H groups in total. The van der Waals surface area contributed by atoms with Gasteiger partial charge in [0.05, 0.1) is 11.5 Å². The van der Waals surface area contributed by atoms with Gasteiger partial charge in [0, 0.05) is 32.5 Å². The van der Waals surface area contributed by atoms with Crippen LogP contribution in [0.2, 0.25) is 0 Å². The first kappa shape index (κ1) is 18.8. The summed E-state index contributed by atoms with van der Waals surface area (Å²) in [4.78, 5) is 47.7. The van der Waals surface area contributed by atoms with Crippen molar-refractivity contribution in [3.8, 4) is 0 Å². The predicted octanol–water partition coefficient (Wildman–Crippen LogP) is 0.291. The van der Waals surface area contributed by atoms with Crippen LogP contribution < -0.4 is 10.6 Å². The number of amides is 4. The summed E-state index contributed by atoms with van der Waals surface area (Å²) >= 11 is 1.26. The largest absolute Gasteiger partial charge is 0.355 e. The van der Waals surface area contributed by atoms with Gasteiger partial charge >= 0.3 is 0 Å². The van der Waals surface area contributed by atoms with Gasteiger partial charge in [-0.25, -0.2) is 0 Å². The monoisotopic (exact) mass is 355 g/mol. The third-order valence-corrected chi connectivity index (χ3v) is 5.25. The van der Waals surface area contributed by atoms with Crippen molar-refractivity contribution in [2.75, 3.05) is 31.1 Å². The van der Waals surface area contributed by atoms with Crippen LogP contribution in [0.3, 0.4) is 0 Å². The number of nitrogens with zero attached hydrogens (tertiary/aromatic N) is 1. The third-order valence-electron chi connectivity index (χ3n) is 4.32. The van der Waals surface area contributed by atoms with Gasteiger partial charge in [-0.15, -0.1) is 11.8 Å². The molecule has 4 amide bonds. The van der Waals surface area contributed by atoms with E-state index >= 15 is 0 Å². The lowest BCUT2D eigenvalue weighted by Gasteiger charge is -2.25. The van der Waals surface area contributed by atoms with Crippen LogP contribution in [0.25, 0.3) is 0 Å². The highest BCUT2D eigenvalue weighted by Crippen LogP contribution is 2.25. The fraction of sp³-hybridized carbons (Fsp3) is 0.750. The zero-order chi connectivity index (χ0) is 17.4. The Kier molecular flexibility index (Phi) is 7.55. The van der Waals surface area contributed by atoms with E-state index in [0.29, 0.717) is 25.2 Å². The Labute approximate surface area is 146 Å². The molecular formula is C16H25N3O4S. The van der Waals surface area contributed by atoms with Gasteiger partial charge in [0.2, 0.25) is 23.6 Å². The number of thioether (sulfide) groups is 1. The molecule has 8 heteroatoms. The molecule has 1 aliphatic carbocycles. The highest BCUT2D eigenvalue weighted by atomic mass is 32.2. The van der Waals surface area contributed by atoms with Crippen molar-refractivity contribution in [2.45, 2.75) is 38.5 Å².